The summed E-state index contributed by atoms with van der Waals surface area (Å²) in [6.07, 6.45) is 3.58. The molecule has 3 nitrogen and oxygen atoms in total. The Bertz CT molecular complexity index is 504. The second-order valence-corrected chi connectivity index (χ2v) is 5.72. The zero-order valence-electron chi connectivity index (χ0n) is 11.5. The van der Waals surface area contributed by atoms with Crippen molar-refractivity contribution >= 4 is 5.84 Å². The van der Waals surface area contributed by atoms with Gasteiger partial charge in [-0.3, -0.25) is 10.4 Å². The third-order valence-corrected chi connectivity index (χ3v) is 4.33. The van der Waals surface area contributed by atoms with Crippen LogP contribution in [0.2, 0.25) is 0 Å². The summed E-state index contributed by atoms with van der Waals surface area (Å²) in [6.45, 7) is 5.13. The van der Waals surface area contributed by atoms with Crippen molar-refractivity contribution in [1.82, 2.24) is 10.0 Å². The van der Waals surface area contributed by atoms with Crippen LogP contribution in [0.25, 0.3) is 0 Å². The molecule has 1 fully saturated rings. The van der Waals surface area contributed by atoms with E-state index in [1.54, 1.807) is 6.07 Å². The largest absolute Gasteiger partial charge is 0.284 e. The van der Waals surface area contributed by atoms with Gasteiger partial charge < -0.3 is 0 Å². The van der Waals surface area contributed by atoms with Crippen LogP contribution in [0.15, 0.2) is 18.2 Å². The Labute approximate surface area is 113 Å². The molecule has 0 amide bonds. The van der Waals surface area contributed by atoms with Crippen LogP contribution in [0.5, 0.6) is 0 Å². The van der Waals surface area contributed by atoms with Gasteiger partial charge in [-0.05, 0) is 44.4 Å². The molecule has 0 radical (unpaired) electrons. The van der Waals surface area contributed by atoms with E-state index in [0.29, 0.717) is 24.5 Å². The lowest BCUT2D eigenvalue weighted by molar-refractivity contribution is -0.0561. The molecule has 0 spiro atoms. The SMILES string of the molecule is CC1CCCC(C)N1N1Cc2ccc(F)cc2C1=N. The average Bonchev–Trinajstić information content (AvgIpc) is 2.67. The normalized spacial score (nSPS) is 27.7. The first kappa shape index (κ1) is 12.6. The summed E-state index contributed by atoms with van der Waals surface area (Å²) in [5.41, 5.74) is 1.79. The van der Waals surface area contributed by atoms with Gasteiger partial charge >= 0.3 is 0 Å². The highest BCUT2D eigenvalue weighted by atomic mass is 19.1. The second-order valence-electron chi connectivity index (χ2n) is 5.72. The topological polar surface area (TPSA) is 30.3 Å². The van der Waals surface area contributed by atoms with Crippen LogP contribution in [0.3, 0.4) is 0 Å². The van der Waals surface area contributed by atoms with Gasteiger partial charge in [-0.2, -0.15) is 0 Å². The molecule has 1 aromatic carbocycles. The lowest BCUT2D eigenvalue weighted by Gasteiger charge is -2.45. The molecule has 102 valence electrons. The van der Waals surface area contributed by atoms with Crippen molar-refractivity contribution in [3.63, 3.8) is 0 Å². The van der Waals surface area contributed by atoms with E-state index in [1.165, 1.54) is 31.4 Å². The van der Waals surface area contributed by atoms with Crippen LogP contribution in [0.4, 0.5) is 4.39 Å². The van der Waals surface area contributed by atoms with E-state index in [0.717, 1.165) is 11.1 Å². The molecule has 2 aliphatic rings. The quantitative estimate of drug-likeness (QED) is 0.841. The first-order chi connectivity index (χ1) is 9.08. The zero-order valence-corrected chi connectivity index (χ0v) is 11.5. The van der Waals surface area contributed by atoms with E-state index >= 15 is 0 Å². The first-order valence-electron chi connectivity index (χ1n) is 7.01. The third-order valence-electron chi connectivity index (χ3n) is 4.33. The van der Waals surface area contributed by atoms with Crippen LogP contribution in [0.1, 0.15) is 44.2 Å². The van der Waals surface area contributed by atoms with E-state index in [-0.39, 0.29) is 5.82 Å². The predicted molar refractivity (Wildman–Crippen MR) is 73.4 cm³/mol. The Kier molecular flexibility index (Phi) is 3.05. The van der Waals surface area contributed by atoms with Gasteiger partial charge in [-0.25, -0.2) is 9.40 Å². The van der Waals surface area contributed by atoms with Crippen LogP contribution < -0.4 is 0 Å². The number of halogens is 1. The van der Waals surface area contributed by atoms with E-state index in [9.17, 15) is 4.39 Å². The standard InChI is InChI=1S/C15H20FN3/c1-10-4-3-5-11(2)19(10)18-9-12-6-7-13(16)8-14(12)15(18)17/h6-8,10-11,17H,3-5,9H2,1-2H3. The van der Waals surface area contributed by atoms with Crippen LogP contribution in [-0.2, 0) is 6.54 Å². The minimum atomic E-state index is -0.259. The van der Waals surface area contributed by atoms with Crippen molar-refractivity contribution < 1.29 is 4.39 Å². The molecule has 2 heterocycles. The van der Waals surface area contributed by atoms with Crippen molar-refractivity contribution in [2.75, 3.05) is 0 Å². The molecular formula is C15H20FN3. The van der Waals surface area contributed by atoms with Crippen molar-refractivity contribution in [3.05, 3.63) is 35.1 Å². The Morgan fingerprint density at radius 3 is 2.58 bits per heavy atom. The molecule has 2 atom stereocenters. The fraction of sp³-hybridized carbons (Fsp3) is 0.533. The Morgan fingerprint density at radius 2 is 1.89 bits per heavy atom. The maximum atomic E-state index is 13.3. The monoisotopic (exact) mass is 261 g/mol. The van der Waals surface area contributed by atoms with Gasteiger partial charge in [0.2, 0.25) is 0 Å². The average molecular weight is 261 g/mol. The van der Waals surface area contributed by atoms with Gasteiger partial charge in [0.05, 0.1) is 6.54 Å². The lowest BCUT2D eigenvalue weighted by atomic mass is 9.99. The Balaban J connectivity index is 1.90. The minimum absolute atomic E-state index is 0.259. The van der Waals surface area contributed by atoms with Crippen LogP contribution in [-0.4, -0.2) is 27.9 Å². The Morgan fingerprint density at radius 1 is 1.21 bits per heavy atom. The van der Waals surface area contributed by atoms with Gasteiger partial charge in [0.15, 0.2) is 0 Å². The highest BCUT2D eigenvalue weighted by molar-refractivity contribution is 5.99. The van der Waals surface area contributed by atoms with Crippen LogP contribution in [0, 0.1) is 11.2 Å². The van der Waals surface area contributed by atoms with E-state index in [2.05, 4.69) is 18.9 Å². The number of nitrogens with one attached hydrogen (secondary N) is 1. The predicted octanol–water partition coefficient (Wildman–Crippen LogP) is 3.14. The van der Waals surface area contributed by atoms with E-state index in [4.69, 9.17) is 5.41 Å². The molecule has 1 aromatic rings. The summed E-state index contributed by atoms with van der Waals surface area (Å²) in [6, 6.07) is 5.67. The molecule has 0 saturated carbocycles. The fourth-order valence-corrected chi connectivity index (χ4v) is 3.37. The summed E-state index contributed by atoms with van der Waals surface area (Å²) >= 11 is 0. The molecule has 2 aliphatic heterocycles. The maximum absolute atomic E-state index is 13.3. The number of hydrazine groups is 1. The highest BCUT2D eigenvalue weighted by Gasteiger charge is 2.35. The lowest BCUT2D eigenvalue weighted by Crippen LogP contribution is -2.54. The summed E-state index contributed by atoms with van der Waals surface area (Å²) in [5, 5.41) is 12.7. The number of amidine groups is 1. The number of nitrogens with zero attached hydrogens (tertiary/aromatic N) is 2. The molecule has 4 heteroatoms. The minimum Gasteiger partial charge on any atom is -0.284 e. The van der Waals surface area contributed by atoms with Gasteiger partial charge in [0.1, 0.15) is 11.7 Å². The van der Waals surface area contributed by atoms with Crippen molar-refractivity contribution in [2.45, 2.75) is 51.7 Å². The van der Waals surface area contributed by atoms with E-state index in [1.807, 2.05) is 5.01 Å². The summed E-state index contributed by atoms with van der Waals surface area (Å²) in [5.74, 6) is 0.181. The summed E-state index contributed by atoms with van der Waals surface area (Å²) < 4.78 is 13.3. The summed E-state index contributed by atoms with van der Waals surface area (Å²) in [4.78, 5) is 0. The smallest absolute Gasteiger partial charge is 0.143 e. The number of fused-ring (bicyclic) bond motifs is 1. The molecular weight excluding hydrogens is 241 g/mol. The molecule has 2 unspecified atom stereocenters. The molecule has 1 N–H and O–H groups in total. The van der Waals surface area contributed by atoms with Crippen molar-refractivity contribution in [1.29, 1.82) is 5.41 Å². The molecule has 1 saturated heterocycles. The maximum Gasteiger partial charge on any atom is 0.143 e. The Hall–Kier alpha value is -1.42. The molecule has 19 heavy (non-hydrogen) atoms. The summed E-state index contributed by atoms with van der Waals surface area (Å²) in [7, 11) is 0. The van der Waals surface area contributed by atoms with E-state index < -0.39 is 0 Å². The second kappa shape index (κ2) is 4.60. The zero-order chi connectivity index (χ0) is 13.6. The van der Waals surface area contributed by atoms with Gasteiger partial charge in [-0.15, -0.1) is 0 Å². The third kappa shape index (κ3) is 2.04. The molecule has 0 bridgehead atoms. The molecule has 3 rings (SSSR count). The fourth-order valence-electron chi connectivity index (χ4n) is 3.37. The number of rotatable bonds is 1. The first-order valence-corrected chi connectivity index (χ1v) is 7.01. The van der Waals surface area contributed by atoms with Gasteiger partial charge in [0, 0.05) is 17.6 Å². The number of benzene rings is 1. The van der Waals surface area contributed by atoms with Gasteiger partial charge in [-0.1, -0.05) is 12.5 Å². The number of piperidine rings is 1. The van der Waals surface area contributed by atoms with Crippen molar-refractivity contribution in [3.8, 4) is 0 Å². The van der Waals surface area contributed by atoms with Crippen molar-refractivity contribution in [2.24, 2.45) is 0 Å². The van der Waals surface area contributed by atoms with Crippen LogP contribution >= 0.6 is 0 Å². The van der Waals surface area contributed by atoms with Gasteiger partial charge in [0.25, 0.3) is 0 Å². The molecule has 0 aromatic heterocycles. The number of hydrogen-bond acceptors (Lipinski definition) is 2. The highest BCUT2D eigenvalue weighted by Crippen LogP contribution is 2.31. The number of hydrogen-bond donors (Lipinski definition) is 1. The molecule has 0 aliphatic carbocycles.